The number of fused-ring (bicyclic) bond motifs is 1. The van der Waals surface area contributed by atoms with Crippen LogP contribution in [0.4, 0.5) is 0 Å². The molecule has 22 heavy (non-hydrogen) atoms. The van der Waals surface area contributed by atoms with Crippen molar-refractivity contribution >= 4 is 22.7 Å². The van der Waals surface area contributed by atoms with Crippen molar-refractivity contribution in [3.63, 3.8) is 0 Å². The Bertz CT molecular complexity index is 641. The molecule has 6 heteroatoms. The molecule has 1 aliphatic rings. The number of para-hydroxylation sites is 1. The Morgan fingerprint density at radius 3 is 2.82 bits per heavy atom. The number of carbonyl (C=O) groups is 2. The molecule has 1 unspecified atom stereocenters. The molecular formula is C16H19N3O3. The van der Waals surface area contributed by atoms with Gasteiger partial charge in [-0.05, 0) is 25.0 Å². The smallest absolute Gasteiger partial charge is 0.267 e. The van der Waals surface area contributed by atoms with Crippen LogP contribution in [0.5, 0.6) is 0 Å². The number of rotatable bonds is 5. The number of H-pyrrole nitrogens is 1. The highest BCUT2D eigenvalue weighted by molar-refractivity contribution is 5.98. The lowest BCUT2D eigenvalue weighted by molar-refractivity contribution is -0.129. The minimum atomic E-state index is -0.329. The number of aromatic nitrogens is 1. The van der Waals surface area contributed by atoms with Gasteiger partial charge in [0.25, 0.3) is 5.91 Å². The van der Waals surface area contributed by atoms with Crippen LogP contribution < -0.4 is 10.6 Å². The summed E-state index contributed by atoms with van der Waals surface area (Å²) in [6.07, 6.45) is 1.37. The van der Waals surface area contributed by atoms with Gasteiger partial charge in [-0.1, -0.05) is 18.2 Å². The summed E-state index contributed by atoms with van der Waals surface area (Å²) in [4.78, 5) is 26.8. The van der Waals surface area contributed by atoms with Gasteiger partial charge in [0.2, 0.25) is 5.91 Å². The van der Waals surface area contributed by atoms with Gasteiger partial charge in [-0.2, -0.15) is 0 Å². The van der Waals surface area contributed by atoms with Crippen LogP contribution in [-0.4, -0.2) is 42.6 Å². The predicted octanol–water partition coefficient (Wildman–Crippen LogP) is 1.19. The van der Waals surface area contributed by atoms with E-state index in [2.05, 4.69) is 15.6 Å². The van der Waals surface area contributed by atoms with Crippen LogP contribution in [0.1, 0.15) is 23.3 Å². The molecule has 3 rings (SSSR count). The van der Waals surface area contributed by atoms with Crippen molar-refractivity contribution in [2.75, 3.05) is 19.7 Å². The zero-order valence-electron chi connectivity index (χ0n) is 12.2. The van der Waals surface area contributed by atoms with Crippen LogP contribution in [0.2, 0.25) is 0 Å². The fourth-order valence-electron chi connectivity index (χ4n) is 2.55. The molecule has 1 saturated heterocycles. The third-order valence-corrected chi connectivity index (χ3v) is 3.71. The van der Waals surface area contributed by atoms with E-state index in [0.29, 0.717) is 25.4 Å². The maximum Gasteiger partial charge on any atom is 0.267 e. The second-order valence-electron chi connectivity index (χ2n) is 5.32. The summed E-state index contributed by atoms with van der Waals surface area (Å²) in [6, 6.07) is 9.54. The third kappa shape index (κ3) is 3.28. The molecule has 0 spiro atoms. The molecule has 2 heterocycles. The van der Waals surface area contributed by atoms with E-state index in [4.69, 9.17) is 4.74 Å². The predicted molar refractivity (Wildman–Crippen MR) is 82.6 cm³/mol. The highest BCUT2D eigenvalue weighted by Gasteiger charge is 2.22. The fraction of sp³-hybridized carbons (Fsp3) is 0.375. The highest BCUT2D eigenvalue weighted by atomic mass is 16.5. The van der Waals surface area contributed by atoms with Crippen molar-refractivity contribution in [3.05, 3.63) is 36.0 Å². The van der Waals surface area contributed by atoms with E-state index in [-0.39, 0.29) is 17.9 Å². The minimum absolute atomic E-state index is 0.0997. The van der Waals surface area contributed by atoms with Gasteiger partial charge in [-0.15, -0.1) is 0 Å². The van der Waals surface area contributed by atoms with Gasteiger partial charge in [0.15, 0.2) is 0 Å². The lowest BCUT2D eigenvalue weighted by Crippen LogP contribution is -2.39. The lowest BCUT2D eigenvalue weighted by Gasteiger charge is -2.10. The summed E-state index contributed by atoms with van der Waals surface area (Å²) in [5.41, 5.74) is 1.45. The summed E-state index contributed by atoms with van der Waals surface area (Å²) in [6.45, 7) is 1.42. The number of amides is 2. The molecule has 1 aromatic heterocycles. The molecular weight excluding hydrogens is 282 g/mol. The number of aromatic amines is 1. The topological polar surface area (TPSA) is 83.2 Å². The summed E-state index contributed by atoms with van der Waals surface area (Å²) in [5, 5.41) is 6.55. The summed E-state index contributed by atoms with van der Waals surface area (Å²) < 4.78 is 5.29. The first kappa shape index (κ1) is 14.6. The first-order valence-electron chi connectivity index (χ1n) is 7.49. The van der Waals surface area contributed by atoms with Crippen LogP contribution in [0.25, 0.3) is 10.9 Å². The Morgan fingerprint density at radius 2 is 2.05 bits per heavy atom. The molecule has 0 radical (unpaired) electrons. The van der Waals surface area contributed by atoms with Crippen molar-refractivity contribution in [2.24, 2.45) is 0 Å². The van der Waals surface area contributed by atoms with Crippen LogP contribution in [0.3, 0.4) is 0 Å². The number of benzene rings is 1. The summed E-state index contributed by atoms with van der Waals surface area (Å²) in [5.74, 6) is -0.278. The molecule has 2 amide bonds. The SMILES string of the molecule is O=C(NCCNC(=O)C1CCCO1)c1cc2ccccc2[nH]1. The number of carbonyl (C=O) groups excluding carboxylic acids is 2. The fourth-order valence-corrected chi connectivity index (χ4v) is 2.55. The van der Waals surface area contributed by atoms with Gasteiger partial charge in [-0.3, -0.25) is 9.59 Å². The zero-order chi connectivity index (χ0) is 15.4. The standard InChI is InChI=1S/C16H19N3O3/c20-15(13-10-11-4-1-2-5-12(11)19-13)17-7-8-18-16(21)14-6-3-9-22-14/h1-2,4-5,10,14,19H,3,6-9H2,(H,17,20)(H,18,21). The number of ether oxygens (including phenoxy) is 1. The Morgan fingerprint density at radius 1 is 1.23 bits per heavy atom. The van der Waals surface area contributed by atoms with E-state index < -0.39 is 0 Å². The number of hydrogen-bond donors (Lipinski definition) is 3. The van der Waals surface area contributed by atoms with Gasteiger partial charge < -0.3 is 20.4 Å². The third-order valence-electron chi connectivity index (χ3n) is 3.71. The number of hydrogen-bond acceptors (Lipinski definition) is 3. The average molecular weight is 301 g/mol. The molecule has 6 nitrogen and oxygen atoms in total. The maximum atomic E-state index is 12.0. The Labute approximate surface area is 128 Å². The first-order valence-corrected chi connectivity index (χ1v) is 7.49. The molecule has 1 fully saturated rings. The summed E-state index contributed by atoms with van der Waals surface area (Å²) >= 11 is 0. The van der Waals surface area contributed by atoms with E-state index in [1.807, 2.05) is 30.3 Å². The van der Waals surface area contributed by atoms with Crippen molar-refractivity contribution in [1.29, 1.82) is 0 Å². The molecule has 2 aromatic rings. The molecule has 1 aromatic carbocycles. The molecule has 0 aliphatic carbocycles. The first-order chi connectivity index (χ1) is 10.7. The second kappa shape index (κ2) is 6.62. The molecule has 0 bridgehead atoms. The average Bonchev–Trinajstić information content (AvgIpc) is 3.19. The molecule has 0 saturated carbocycles. The van der Waals surface area contributed by atoms with Gasteiger partial charge in [0.1, 0.15) is 11.8 Å². The minimum Gasteiger partial charge on any atom is -0.368 e. The van der Waals surface area contributed by atoms with E-state index in [9.17, 15) is 9.59 Å². The monoisotopic (exact) mass is 301 g/mol. The van der Waals surface area contributed by atoms with E-state index in [1.165, 1.54) is 0 Å². The quantitative estimate of drug-likeness (QED) is 0.726. The Balaban J connectivity index is 1.45. The van der Waals surface area contributed by atoms with Gasteiger partial charge in [0, 0.05) is 30.6 Å². The molecule has 1 atom stereocenters. The van der Waals surface area contributed by atoms with Crippen molar-refractivity contribution < 1.29 is 14.3 Å². The van der Waals surface area contributed by atoms with E-state index >= 15 is 0 Å². The normalized spacial score (nSPS) is 17.5. The van der Waals surface area contributed by atoms with E-state index in [0.717, 1.165) is 23.7 Å². The maximum absolute atomic E-state index is 12.0. The van der Waals surface area contributed by atoms with E-state index in [1.54, 1.807) is 0 Å². The van der Waals surface area contributed by atoms with Gasteiger partial charge >= 0.3 is 0 Å². The van der Waals surface area contributed by atoms with Crippen LogP contribution in [0.15, 0.2) is 30.3 Å². The van der Waals surface area contributed by atoms with Gasteiger partial charge in [-0.25, -0.2) is 0 Å². The lowest BCUT2D eigenvalue weighted by atomic mass is 10.2. The van der Waals surface area contributed by atoms with Crippen molar-refractivity contribution in [3.8, 4) is 0 Å². The molecule has 116 valence electrons. The highest BCUT2D eigenvalue weighted by Crippen LogP contribution is 2.14. The van der Waals surface area contributed by atoms with Crippen molar-refractivity contribution in [1.82, 2.24) is 15.6 Å². The second-order valence-corrected chi connectivity index (χ2v) is 5.32. The summed E-state index contributed by atoms with van der Waals surface area (Å²) in [7, 11) is 0. The molecule has 1 aliphatic heterocycles. The molecule has 3 N–H and O–H groups in total. The Hall–Kier alpha value is -2.34. The van der Waals surface area contributed by atoms with Crippen molar-refractivity contribution in [2.45, 2.75) is 18.9 Å². The van der Waals surface area contributed by atoms with Crippen LogP contribution in [0, 0.1) is 0 Å². The van der Waals surface area contributed by atoms with Gasteiger partial charge in [0.05, 0.1) is 0 Å². The zero-order valence-corrected chi connectivity index (χ0v) is 12.2. The number of nitrogens with one attached hydrogen (secondary N) is 3. The Kier molecular flexibility index (Phi) is 4.39. The largest absolute Gasteiger partial charge is 0.368 e. The van der Waals surface area contributed by atoms with Crippen LogP contribution >= 0.6 is 0 Å². The van der Waals surface area contributed by atoms with Crippen LogP contribution in [-0.2, 0) is 9.53 Å².